The standard InChI is InChI=1S/C5H8O2S/c6-5-4(3-8)1-2-7-5/h4,8H,1-3H2. The topological polar surface area (TPSA) is 26.3 Å². The maximum Gasteiger partial charge on any atom is 0.309 e. The summed E-state index contributed by atoms with van der Waals surface area (Å²) < 4.78 is 4.67. The molecule has 0 aromatic rings. The first-order valence-electron chi connectivity index (χ1n) is 2.62. The van der Waals surface area contributed by atoms with Crippen molar-refractivity contribution >= 4 is 18.6 Å². The Hall–Kier alpha value is -0.180. The van der Waals surface area contributed by atoms with Crippen molar-refractivity contribution < 1.29 is 9.53 Å². The Morgan fingerprint density at radius 2 is 2.62 bits per heavy atom. The van der Waals surface area contributed by atoms with Crippen LogP contribution in [0, 0.1) is 5.92 Å². The molecule has 0 saturated carbocycles. The van der Waals surface area contributed by atoms with Crippen molar-refractivity contribution in [2.24, 2.45) is 5.92 Å². The number of hydrogen-bond acceptors (Lipinski definition) is 3. The van der Waals surface area contributed by atoms with Crippen molar-refractivity contribution in [2.75, 3.05) is 12.4 Å². The molecule has 46 valence electrons. The molecule has 1 saturated heterocycles. The lowest BCUT2D eigenvalue weighted by Crippen LogP contribution is -2.08. The number of cyclic esters (lactones) is 1. The van der Waals surface area contributed by atoms with E-state index in [2.05, 4.69) is 17.4 Å². The van der Waals surface area contributed by atoms with E-state index in [-0.39, 0.29) is 11.9 Å². The summed E-state index contributed by atoms with van der Waals surface area (Å²) in [6, 6.07) is 0. The van der Waals surface area contributed by atoms with Crippen LogP contribution < -0.4 is 0 Å². The van der Waals surface area contributed by atoms with E-state index in [4.69, 9.17) is 0 Å². The quantitative estimate of drug-likeness (QED) is 0.415. The van der Waals surface area contributed by atoms with Crippen LogP contribution in [0.5, 0.6) is 0 Å². The monoisotopic (exact) mass is 132 g/mol. The predicted molar refractivity (Wildman–Crippen MR) is 32.9 cm³/mol. The molecule has 1 atom stereocenters. The van der Waals surface area contributed by atoms with Gasteiger partial charge in [0.05, 0.1) is 12.5 Å². The van der Waals surface area contributed by atoms with Gasteiger partial charge in [0.1, 0.15) is 0 Å². The second-order valence-electron chi connectivity index (χ2n) is 1.84. The Labute approximate surface area is 53.6 Å². The highest BCUT2D eigenvalue weighted by Gasteiger charge is 2.24. The van der Waals surface area contributed by atoms with Gasteiger partial charge >= 0.3 is 5.97 Å². The molecule has 0 aliphatic carbocycles. The maximum absolute atomic E-state index is 10.5. The molecule has 0 amide bonds. The number of ether oxygens (including phenoxy) is 1. The number of thiol groups is 1. The van der Waals surface area contributed by atoms with Gasteiger partial charge < -0.3 is 4.74 Å². The molecule has 0 aromatic carbocycles. The van der Waals surface area contributed by atoms with Gasteiger partial charge in [-0.05, 0) is 6.42 Å². The third-order valence-corrected chi connectivity index (χ3v) is 1.71. The number of carbonyl (C=O) groups excluding carboxylic acids is 1. The van der Waals surface area contributed by atoms with Gasteiger partial charge in [0.15, 0.2) is 0 Å². The van der Waals surface area contributed by atoms with Gasteiger partial charge in [-0.3, -0.25) is 4.79 Å². The van der Waals surface area contributed by atoms with Crippen LogP contribution in [0.4, 0.5) is 0 Å². The zero-order valence-electron chi connectivity index (χ0n) is 4.46. The number of esters is 1. The molecule has 2 nitrogen and oxygen atoms in total. The second-order valence-corrected chi connectivity index (χ2v) is 2.20. The molecule has 0 bridgehead atoms. The molecule has 1 heterocycles. The van der Waals surface area contributed by atoms with Gasteiger partial charge in [-0.25, -0.2) is 0 Å². The molecular formula is C5H8O2S. The Bertz CT molecular complexity index is 103. The molecule has 8 heavy (non-hydrogen) atoms. The summed E-state index contributed by atoms with van der Waals surface area (Å²) in [4.78, 5) is 10.5. The zero-order valence-corrected chi connectivity index (χ0v) is 5.36. The third kappa shape index (κ3) is 0.968. The zero-order chi connectivity index (χ0) is 5.98. The fraction of sp³-hybridized carbons (Fsp3) is 0.800. The van der Waals surface area contributed by atoms with Crippen LogP contribution >= 0.6 is 12.6 Å². The van der Waals surface area contributed by atoms with Gasteiger partial charge in [-0.1, -0.05) is 0 Å². The highest BCUT2D eigenvalue weighted by molar-refractivity contribution is 7.80. The van der Waals surface area contributed by atoms with E-state index in [1.165, 1.54) is 0 Å². The van der Waals surface area contributed by atoms with Crippen molar-refractivity contribution in [1.82, 2.24) is 0 Å². The minimum atomic E-state index is -0.0833. The third-order valence-electron chi connectivity index (χ3n) is 1.26. The SMILES string of the molecule is O=C1OCCC1CS. The smallest absolute Gasteiger partial charge is 0.309 e. The molecule has 1 rings (SSSR count). The van der Waals surface area contributed by atoms with Crippen molar-refractivity contribution in [3.63, 3.8) is 0 Å². The number of carbonyl (C=O) groups is 1. The largest absolute Gasteiger partial charge is 0.465 e. The number of rotatable bonds is 1. The van der Waals surface area contributed by atoms with E-state index in [9.17, 15) is 4.79 Å². The van der Waals surface area contributed by atoms with Crippen molar-refractivity contribution in [3.05, 3.63) is 0 Å². The average Bonchev–Trinajstić information content (AvgIpc) is 2.14. The fourth-order valence-electron chi connectivity index (χ4n) is 0.703. The Kier molecular flexibility index (Phi) is 1.78. The van der Waals surface area contributed by atoms with Crippen LogP contribution in [0.1, 0.15) is 6.42 Å². The lowest BCUT2D eigenvalue weighted by atomic mass is 10.1. The molecule has 0 radical (unpaired) electrons. The molecule has 1 aliphatic heterocycles. The summed E-state index contributed by atoms with van der Waals surface area (Å²) in [6.45, 7) is 0.587. The summed E-state index contributed by atoms with van der Waals surface area (Å²) in [5, 5.41) is 0. The highest BCUT2D eigenvalue weighted by atomic mass is 32.1. The maximum atomic E-state index is 10.5. The van der Waals surface area contributed by atoms with Crippen molar-refractivity contribution in [1.29, 1.82) is 0 Å². The van der Waals surface area contributed by atoms with E-state index < -0.39 is 0 Å². The fourth-order valence-corrected chi connectivity index (χ4v) is 1.03. The minimum Gasteiger partial charge on any atom is -0.465 e. The van der Waals surface area contributed by atoms with Crippen LogP contribution in [0.3, 0.4) is 0 Å². The summed E-state index contributed by atoms with van der Waals surface area (Å²) in [7, 11) is 0. The van der Waals surface area contributed by atoms with E-state index in [1.54, 1.807) is 0 Å². The molecule has 0 spiro atoms. The van der Waals surface area contributed by atoms with Crippen LogP contribution in [-0.4, -0.2) is 18.3 Å². The summed E-state index contributed by atoms with van der Waals surface area (Å²) in [5.74, 6) is 0.608. The molecule has 0 N–H and O–H groups in total. The van der Waals surface area contributed by atoms with Crippen molar-refractivity contribution in [2.45, 2.75) is 6.42 Å². The molecule has 0 aromatic heterocycles. The van der Waals surface area contributed by atoms with Gasteiger partial charge in [0.2, 0.25) is 0 Å². The lowest BCUT2D eigenvalue weighted by molar-refractivity contribution is -0.140. The first-order chi connectivity index (χ1) is 3.84. The molecular weight excluding hydrogens is 124 g/mol. The Morgan fingerprint density at radius 3 is 2.88 bits per heavy atom. The normalized spacial score (nSPS) is 28.1. The first-order valence-corrected chi connectivity index (χ1v) is 3.25. The predicted octanol–water partition coefficient (Wildman–Crippen LogP) is 0.479. The van der Waals surface area contributed by atoms with Gasteiger partial charge in [0, 0.05) is 5.75 Å². The molecule has 1 unspecified atom stereocenters. The van der Waals surface area contributed by atoms with E-state index >= 15 is 0 Å². The van der Waals surface area contributed by atoms with E-state index in [0.717, 1.165) is 6.42 Å². The highest BCUT2D eigenvalue weighted by Crippen LogP contribution is 2.14. The van der Waals surface area contributed by atoms with Crippen LogP contribution in [-0.2, 0) is 9.53 Å². The second kappa shape index (κ2) is 2.40. The first kappa shape index (κ1) is 5.95. The summed E-state index contributed by atoms with van der Waals surface area (Å²) >= 11 is 3.97. The average molecular weight is 132 g/mol. The number of hydrogen-bond donors (Lipinski definition) is 1. The minimum absolute atomic E-state index is 0.0679. The van der Waals surface area contributed by atoms with Crippen LogP contribution in [0.25, 0.3) is 0 Å². The summed E-state index contributed by atoms with van der Waals surface area (Å²) in [6.07, 6.45) is 0.850. The van der Waals surface area contributed by atoms with E-state index in [0.29, 0.717) is 12.4 Å². The lowest BCUT2D eigenvalue weighted by Gasteiger charge is -1.95. The molecule has 1 aliphatic rings. The molecule has 3 heteroatoms. The Morgan fingerprint density at radius 1 is 1.88 bits per heavy atom. The van der Waals surface area contributed by atoms with Gasteiger partial charge in [-0.15, -0.1) is 0 Å². The van der Waals surface area contributed by atoms with Crippen LogP contribution in [0.15, 0.2) is 0 Å². The van der Waals surface area contributed by atoms with Gasteiger partial charge in [0.25, 0.3) is 0 Å². The van der Waals surface area contributed by atoms with Gasteiger partial charge in [-0.2, -0.15) is 12.6 Å². The van der Waals surface area contributed by atoms with Crippen LogP contribution in [0.2, 0.25) is 0 Å². The van der Waals surface area contributed by atoms with Crippen molar-refractivity contribution in [3.8, 4) is 0 Å². The Balaban J connectivity index is 2.42. The molecule has 1 fully saturated rings. The summed E-state index contributed by atoms with van der Waals surface area (Å²) in [5.41, 5.74) is 0. The van der Waals surface area contributed by atoms with E-state index in [1.807, 2.05) is 0 Å².